The second-order valence-electron chi connectivity index (χ2n) is 6.96. The average Bonchev–Trinajstić information content (AvgIpc) is 2.35. The molecule has 2 atom stereocenters. The van der Waals surface area contributed by atoms with Gasteiger partial charge >= 0.3 is 5.97 Å². The minimum absolute atomic E-state index is 0.178. The Hall–Kier alpha value is -1.55. The first-order chi connectivity index (χ1) is 9.87. The van der Waals surface area contributed by atoms with Gasteiger partial charge in [-0.25, -0.2) is 0 Å². The summed E-state index contributed by atoms with van der Waals surface area (Å²) in [5.74, 6) is 0.283. The number of ether oxygens (including phenoxy) is 1. The van der Waals surface area contributed by atoms with E-state index in [9.17, 15) is 4.79 Å². The van der Waals surface area contributed by atoms with E-state index in [-0.39, 0.29) is 17.4 Å². The summed E-state index contributed by atoms with van der Waals surface area (Å²) in [6, 6.07) is 8.54. The molecule has 4 heteroatoms. The quantitative estimate of drug-likeness (QED) is 0.929. The monoisotopic (exact) mass is 289 g/mol. The van der Waals surface area contributed by atoms with Gasteiger partial charge in [-0.2, -0.15) is 0 Å². The summed E-state index contributed by atoms with van der Waals surface area (Å²) in [5.41, 5.74) is 1.06. The van der Waals surface area contributed by atoms with Gasteiger partial charge in [0.05, 0.1) is 5.92 Å². The molecule has 1 saturated heterocycles. The number of fused-ring (bicyclic) bond motifs is 1. The van der Waals surface area contributed by atoms with E-state index < -0.39 is 5.97 Å². The van der Waals surface area contributed by atoms with Crippen LogP contribution in [-0.2, 0) is 4.79 Å². The molecule has 114 valence electrons. The highest BCUT2D eigenvalue weighted by molar-refractivity contribution is 5.70. The van der Waals surface area contributed by atoms with E-state index in [1.54, 1.807) is 0 Å². The number of carboxylic acid groups (broad SMARTS) is 1. The summed E-state index contributed by atoms with van der Waals surface area (Å²) in [7, 11) is 0. The van der Waals surface area contributed by atoms with Gasteiger partial charge in [0.1, 0.15) is 11.4 Å². The summed E-state index contributed by atoms with van der Waals surface area (Å²) in [5, 5.41) is 9.12. The van der Waals surface area contributed by atoms with Crippen molar-refractivity contribution in [1.29, 1.82) is 0 Å². The predicted molar refractivity (Wildman–Crippen MR) is 80.4 cm³/mol. The fourth-order valence-electron chi connectivity index (χ4n) is 3.41. The summed E-state index contributed by atoms with van der Waals surface area (Å²) in [4.78, 5) is 13.5. The van der Waals surface area contributed by atoms with Crippen molar-refractivity contribution in [2.45, 2.75) is 38.8 Å². The molecule has 2 heterocycles. The molecule has 1 aromatic carbocycles. The van der Waals surface area contributed by atoms with Crippen molar-refractivity contribution < 1.29 is 14.6 Å². The lowest BCUT2D eigenvalue weighted by Gasteiger charge is -2.50. The number of aliphatic carboxylic acids is 1. The first-order valence-corrected chi connectivity index (χ1v) is 7.62. The first-order valence-electron chi connectivity index (χ1n) is 7.62. The molecule has 0 aliphatic carbocycles. The van der Waals surface area contributed by atoms with Gasteiger partial charge in [0.2, 0.25) is 0 Å². The SMILES string of the molecule is CC(C(=O)O)C1CN(C2CC(C)(C)Oc3ccccc32)C1. The van der Waals surface area contributed by atoms with Crippen LogP contribution in [0, 0.1) is 11.8 Å². The van der Waals surface area contributed by atoms with E-state index in [2.05, 4.69) is 24.8 Å². The molecule has 1 N–H and O–H groups in total. The van der Waals surface area contributed by atoms with Gasteiger partial charge in [0.15, 0.2) is 0 Å². The van der Waals surface area contributed by atoms with Crippen LogP contribution in [0.4, 0.5) is 0 Å². The van der Waals surface area contributed by atoms with Gasteiger partial charge in [-0.05, 0) is 25.8 Å². The van der Waals surface area contributed by atoms with Crippen molar-refractivity contribution in [3.05, 3.63) is 29.8 Å². The van der Waals surface area contributed by atoms with Crippen LogP contribution in [0.1, 0.15) is 38.8 Å². The van der Waals surface area contributed by atoms with Gasteiger partial charge in [0.25, 0.3) is 0 Å². The van der Waals surface area contributed by atoms with E-state index in [1.165, 1.54) is 5.56 Å². The van der Waals surface area contributed by atoms with Crippen LogP contribution in [0.25, 0.3) is 0 Å². The van der Waals surface area contributed by atoms with E-state index in [0.717, 1.165) is 25.3 Å². The Morgan fingerprint density at radius 2 is 2.05 bits per heavy atom. The highest BCUT2D eigenvalue weighted by Gasteiger charge is 2.43. The van der Waals surface area contributed by atoms with E-state index in [0.29, 0.717) is 6.04 Å². The highest BCUT2D eigenvalue weighted by Crippen LogP contribution is 2.45. The summed E-state index contributed by atoms with van der Waals surface area (Å²) in [6.07, 6.45) is 0.943. The Bertz CT molecular complexity index is 549. The lowest BCUT2D eigenvalue weighted by atomic mass is 9.81. The fraction of sp³-hybridized carbons (Fsp3) is 0.588. The Labute approximate surface area is 125 Å². The number of rotatable bonds is 3. The Balaban J connectivity index is 1.76. The number of carboxylic acids is 1. The van der Waals surface area contributed by atoms with Crippen LogP contribution in [0.3, 0.4) is 0 Å². The van der Waals surface area contributed by atoms with Gasteiger partial charge < -0.3 is 9.84 Å². The van der Waals surface area contributed by atoms with Crippen LogP contribution in [0.2, 0.25) is 0 Å². The molecule has 0 saturated carbocycles. The topological polar surface area (TPSA) is 49.8 Å². The van der Waals surface area contributed by atoms with Crippen molar-refractivity contribution >= 4 is 5.97 Å². The van der Waals surface area contributed by atoms with E-state index in [4.69, 9.17) is 9.84 Å². The van der Waals surface area contributed by atoms with Gasteiger partial charge in [-0.3, -0.25) is 9.69 Å². The number of benzene rings is 1. The molecular formula is C17H23NO3. The van der Waals surface area contributed by atoms with Crippen molar-refractivity contribution in [3.8, 4) is 5.75 Å². The molecule has 0 aromatic heterocycles. The zero-order valence-corrected chi connectivity index (χ0v) is 12.9. The molecule has 2 aliphatic rings. The zero-order valence-electron chi connectivity index (χ0n) is 12.9. The van der Waals surface area contributed by atoms with Crippen molar-refractivity contribution in [1.82, 2.24) is 4.90 Å². The number of carbonyl (C=O) groups is 1. The standard InChI is InChI=1S/C17H23NO3/c1-11(16(19)20)12-9-18(10-12)14-8-17(2,3)21-15-7-5-4-6-13(14)15/h4-7,11-12,14H,8-10H2,1-3H3,(H,19,20). The summed E-state index contributed by atoms with van der Waals surface area (Å²) >= 11 is 0. The van der Waals surface area contributed by atoms with Crippen LogP contribution in [0.15, 0.2) is 24.3 Å². The van der Waals surface area contributed by atoms with E-state index >= 15 is 0 Å². The molecule has 2 aliphatic heterocycles. The molecule has 0 spiro atoms. The molecule has 0 radical (unpaired) electrons. The molecule has 4 nitrogen and oxygen atoms in total. The van der Waals surface area contributed by atoms with Crippen LogP contribution < -0.4 is 4.74 Å². The maximum absolute atomic E-state index is 11.1. The highest BCUT2D eigenvalue weighted by atomic mass is 16.5. The second-order valence-corrected chi connectivity index (χ2v) is 6.96. The minimum atomic E-state index is -0.688. The first kappa shape index (κ1) is 14.4. The van der Waals surface area contributed by atoms with Crippen LogP contribution >= 0.6 is 0 Å². The molecule has 2 unspecified atom stereocenters. The van der Waals surface area contributed by atoms with E-state index in [1.807, 2.05) is 25.1 Å². The molecule has 1 aromatic rings. The number of hydrogen-bond donors (Lipinski definition) is 1. The Morgan fingerprint density at radius 1 is 1.38 bits per heavy atom. The number of hydrogen-bond acceptors (Lipinski definition) is 3. The minimum Gasteiger partial charge on any atom is -0.487 e. The molecule has 1 fully saturated rings. The fourth-order valence-corrected chi connectivity index (χ4v) is 3.41. The Morgan fingerprint density at radius 3 is 2.71 bits per heavy atom. The third-order valence-electron chi connectivity index (χ3n) is 4.82. The number of likely N-dealkylation sites (tertiary alicyclic amines) is 1. The van der Waals surface area contributed by atoms with Gasteiger partial charge in [0, 0.05) is 31.1 Å². The largest absolute Gasteiger partial charge is 0.487 e. The lowest BCUT2D eigenvalue weighted by Crippen LogP contribution is -2.54. The van der Waals surface area contributed by atoms with Crippen LogP contribution in [0.5, 0.6) is 5.75 Å². The van der Waals surface area contributed by atoms with Crippen molar-refractivity contribution in [2.75, 3.05) is 13.1 Å². The van der Waals surface area contributed by atoms with Crippen molar-refractivity contribution in [3.63, 3.8) is 0 Å². The number of nitrogens with zero attached hydrogens (tertiary/aromatic N) is 1. The average molecular weight is 289 g/mol. The molecule has 21 heavy (non-hydrogen) atoms. The summed E-state index contributed by atoms with van der Waals surface area (Å²) < 4.78 is 6.06. The third kappa shape index (κ3) is 2.64. The summed E-state index contributed by atoms with van der Waals surface area (Å²) in [6.45, 7) is 7.78. The zero-order chi connectivity index (χ0) is 15.2. The Kier molecular flexibility index (Phi) is 3.44. The second kappa shape index (κ2) is 5.02. The molecule has 0 amide bonds. The molecule has 0 bridgehead atoms. The van der Waals surface area contributed by atoms with Gasteiger partial charge in [-0.1, -0.05) is 25.1 Å². The van der Waals surface area contributed by atoms with Gasteiger partial charge in [-0.15, -0.1) is 0 Å². The number of para-hydroxylation sites is 1. The third-order valence-corrected chi connectivity index (χ3v) is 4.82. The maximum Gasteiger partial charge on any atom is 0.306 e. The molecule has 3 rings (SSSR count). The lowest BCUT2D eigenvalue weighted by molar-refractivity contribution is -0.146. The smallest absolute Gasteiger partial charge is 0.306 e. The molecular weight excluding hydrogens is 266 g/mol. The van der Waals surface area contributed by atoms with Crippen LogP contribution in [-0.4, -0.2) is 34.7 Å². The normalized spacial score (nSPS) is 26.3. The van der Waals surface area contributed by atoms with Crippen molar-refractivity contribution in [2.24, 2.45) is 11.8 Å². The maximum atomic E-state index is 11.1. The predicted octanol–water partition coefficient (Wildman–Crippen LogP) is 2.94.